The van der Waals surface area contributed by atoms with Crippen LogP contribution in [0.2, 0.25) is 0 Å². The molecule has 1 saturated heterocycles. The van der Waals surface area contributed by atoms with Gasteiger partial charge in [-0.15, -0.1) is 0 Å². The van der Waals surface area contributed by atoms with Crippen LogP contribution in [-0.2, 0) is 4.74 Å². The van der Waals surface area contributed by atoms with E-state index in [4.69, 9.17) is 21.4 Å². The highest BCUT2D eigenvalue weighted by molar-refractivity contribution is 6.30. The van der Waals surface area contributed by atoms with Crippen LogP contribution < -0.4 is 5.32 Å². The second-order valence-electron chi connectivity index (χ2n) is 4.16. The lowest BCUT2D eigenvalue weighted by molar-refractivity contribution is -0.125. The van der Waals surface area contributed by atoms with Crippen molar-refractivity contribution < 1.29 is 29.2 Å². The fraction of sp³-hybridized carbons (Fsp3) is 0.600. The van der Waals surface area contributed by atoms with Crippen molar-refractivity contribution in [2.24, 2.45) is 4.99 Å². The van der Waals surface area contributed by atoms with Gasteiger partial charge in [-0.25, -0.2) is 9.18 Å². The van der Waals surface area contributed by atoms with Gasteiger partial charge in [-0.2, -0.15) is 4.99 Å². The zero-order chi connectivity index (χ0) is 14.9. The highest BCUT2D eigenvalue weighted by Crippen LogP contribution is 2.36. The Bertz CT molecular complexity index is 495. The van der Waals surface area contributed by atoms with Crippen LogP contribution in [0, 0.1) is 11.3 Å². The monoisotopic (exact) mass is 307 g/mol. The van der Waals surface area contributed by atoms with Crippen molar-refractivity contribution in [3.63, 3.8) is 0 Å². The van der Waals surface area contributed by atoms with Gasteiger partial charge in [0, 0.05) is 5.38 Å². The zero-order valence-electron chi connectivity index (χ0n) is 9.90. The van der Waals surface area contributed by atoms with Gasteiger partial charge < -0.3 is 20.1 Å². The molecular formula is C10H11ClFN3O5. The first-order chi connectivity index (χ1) is 9.43. The quantitative estimate of drug-likeness (QED) is 0.452. The van der Waals surface area contributed by atoms with Gasteiger partial charge >= 0.3 is 6.03 Å². The Hall–Kier alpha value is -1.44. The standard InChI is InChI=1S/C10H11ClFN3O5/c11-2-1-10(12)6(17)5(3-16)20-7(10)15-4-13-8(18)14-9(15)19/h4-7,9,16-17,19H,3H2,(H,14,18)/t5-,6+,7-,9?,10?/m1/s1. The van der Waals surface area contributed by atoms with Gasteiger partial charge in [-0.05, 0) is 17.5 Å². The molecule has 10 heteroatoms. The minimum atomic E-state index is -2.68. The number of carbonyl (C=O) groups is 1. The molecule has 8 nitrogen and oxygen atoms in total. The Labute approximate surface area is 117 Å². The molecule has 4 N–H and O–H groups in total. The van der Waals surface area contributed by atoms with Crippen LogP contribution in [0.25, 0.3) is 0 Å². The molecule has 0 aliphatic carbocycles. The van der Waals surface area contributed by atoms with Crippen molar-refractivity contribution in [3.05, 3.63) is 0 Å². The number of carbonyl (C=O) groups excluding carboxylic acids is 1. The van der Waals surface area contributed by atoms with Crippen LogP contribution in [0.15, 0.2) is 4.99 Å². The number of ether oxygens (including phenoxy) is 1. The lowest BCUT2D eigenvalue weighted by Gasteiger charge is -2.36. The fourth-order valence-corrected chi connectivity index (χ4v) is 2.13. The molecule has 2 aliphatic heterocycles. The molecule has 2 unspecified atom stereocenters. The molecule has 0 saturated carbocycles. The van der Waals surface area contributed by atoms with Gasteiger partial charge in [-0.1, -0.05) is 0 Å². The van der Waals surface area contributed by atoms with Crippen molar-refractivity contribution in [2.75, 3.05) is 6.61 Å². The van der Waals surface area contributed by atoms with Gasteiger partial charge in [0.05, 0.1) is 6.61 Å². The molecule has 2 rings (SSSR count). The van der Waals surface area contributed by atoms with E-state index in [9.17, 15) is 19.4 Å². The normalized spacial score (nSPS) is 40.2. The topological polar surface area (TPSA) is 115 Å². The summed E-state index contributed by atoms with van der Waals surface area (Å²) in [6.07, 6.45) is -5.44. The van der Waals surface area contributed by atoms with E-state index in [2.05, 4.69) is 4.99 Å². The van der Waals surface area contributed by atoms with Gasteiger partial charge in [0.25, 0.3) is 0 Å². The first-order valence-corrected chi connectivity index (χ1v) is 5.88. The smallest absolute Gasteiger partial charge is 0.345 e. The third-order valence-corrected chi connectivity index (χ3v) is 3.07. The average Bonchev–Trinajstić information content (AvgIpc) is 2.63. The summed E-state index contributed by atoms with van der Waals surface area (Å²) in [6, 6.07) is -0.820. The molecule has 2 amide bonds. The van der Waals surface area contributed by atoms with Crippen molar-refractivity contribution in [1.29, 1.82) is 0 Å². The van der Waals surface area contributed by atoms with E-state index < -0.39 is 43.1 Å². The van der Waals surface area contributed by atoms with Gasteiger partial charge in [0.1, 0.15) is 18.5 Å². The highest BCUT2D eigenvalue weighted by Gasteiger charge is 2.59. The van der Waals surface area contributed by atoms with Crippen LogP contribution in [0.3, 0.4) is 0 Å². The summed E-state index contributed by atoms with van der Waals surface area (Å²) in [5.74, 6) is 1.95. The second kappa shape index (κ2) is 5.51. The predicted octanol–water partition coefficient (Wildman–Crippen LogP) is -1.70. The number of rotatable bonds is 2. The summed E-state index contributed by atoms with van der Waals surface area (Å²) in [4.78, 5) is 15.1. The maximum Gasteiger partial charge on any atom is 0.345 e. The van der Waals surface area contributed by atoms with E-state index in [0.29, 0.717) is 0 Å². The summed E-state index contributed by atoms with van der Waals surface area (Å²) < 4.78 is 19.9. The van der Waals surface area contributed by atoms with Crippen LogP contribution in [0.4, 0.5) is 9.18 Å². The Morgan fingerprint density at radius 1 is 1.65 bits per heavy atom. The van der Waals surface area contributed by atoms with Crippen LogP contribution in [0.5, 0.6) is 0 Å². The van der Waals surface area contributed by atoms with E-state index in [1.807, 2.05) is 11.2 Å². The first kappa shape index (κ1) is 15.0. The fourth-order valence-electron chi connectivity index (χ4n) is 1.99. The number of nitrogens with one attached hydrogen (secondary N) is 1. The molecule has 110 valence electrons. The van der Waals surface area contributed by atoms with E-state index in [0.717, 1.165) is 11.2 Å². The number of amides is 2. The maximum atomic E-state index is 14.8. The molecular weight excluding hydrogens is 297 g/mol. The number of aliphatic hydroxyl groups is 3. The molecule has 2 heterocycles. The number of aliphatic hydroxyl groups excluding tert-OH is 3. The van der Waals surface area contributed by atoms with Gasteiger partial charge in [-0.3, -0.25) is 10.2 Å². The van der Waals surface area contributed by atoms with E-state index >= 15 is 0 Å². The molecule has 0 aromatic heterocycles. The molecule has 0 bridgehead atoms. The van der Waals surface area contributed by atoms with E-state index in [-0.39, 0.29) is 0 Å². The maximum absolute atomic E-state index is 14.8. The van der Waals surface area contributed by atoms with Crippen molar-refractivity contribution in [3.8, 4) is 11.3 Å². The lowest BCUT2D eigenvalue weighted by Crippen LogP contribution is -2.60. The average molecular weight is 308 g/mol. The Balaban J connectivity index is 2.35. The number of nitrogens with zero attached hydrogens (tertiary/aromatic N) is 2. The van der Waals surface area contributed by atoms with Crippen molar-refractivity contribution in [2.45, 2.75) is 30.5 Å². The molecule has 20 heavy (non-hydrogen) atoms. The Kier molecular flexibility index (Phi) is 4.12. The summed E-state index contributed by atoms with van der Waals surface area (Å²) in [7, 11) is 0. The zero-order valence-corrected chi connectivity index (χ0v) is 10.7. The summed E-state index contributed by atoms with van der Waals surface area (Å²) in [6.45, 7) is -0.666. The number of urea groups is 1. The van der Waals surface area contributed by atoms with Gasteiger partial charge in [0.15, 0.2) is 6.23 Å². The summed E-state index contributed by atoms with van der Waals surface area (Å²) >= 11 is 5.18. The summed E-state index contributed by atoms with van der Waals surface area (Å²) in [5, 5.41) is 32.3. The molecule has 2 aliphatic rings. The molecule has 0 aromatic carbocycles. The molecule has 0 radical (unpaired) electrons. The minimum absolute atomic E-state index is 0.666. The summed E-state index contributed by atoms with van der Waals surface area (Å²) in [5.41, 5.74) is -2.68. The number of halogens is 2. The molecule has 1 fully saturated rings. The van der Waals surface area contributed by atoms with E-state index in [1.165, 1.54) is 0 Å². The lowest BCUT2D eigenvalue weighted by atomic mass is 9.96. The van der Waals surface area contributed by atoms with E-state index in [1.54, 1.807) is 5.38 Å². The Morgan fingerprint density at radius 2 is 2.35 bits per heavy atom. The third-order valence-electron chi connectivity index (χ3n) is 2.98. The molecule has 0 spiro atoms. The largest absolute Gasteiger partial charge is 0.394 e. The van der Waals surface area contributed by atoms with Crippen molar-refractivity contribution in [1.82, 2.24) is 10.2 Å². The van der Waals surface area contributed by atoms with Crippen LogP contribution in [0.1, 0.15) is 0 Å². The van der Waals surface area contributed by atoms with Crippen molar-refractivity contribution >= 4 is 24.0 Å². The molecule has 0 aromatic rings. The third kappa shape index (κ3) is 2.32. The first-order valence-electron chi connectivity index (χ1n) is 5.50. The van der Waals surface area contributed by atoms with Gasteiger partial charge in [0.2, 0.25) is 12.0 Å². The highest BCUT2D eigenvalue weighted by atomic mass is 35.5. The van der Waals surface area contributed by atoms with Crippen LogP contribution in [-0.4, -0.2) is 69.7 Å². The Morgan fingerprint density at radius 3 is 2.90 bits per heavy atom. The number of alkyl halides is 1. The number of hydrogen-bond acceptors (Lipinski definition) is 6. The minimum Gasteiger partial charge on any atom is -0.394 e. The number of hydrogen-bond donors (Lipinski definition) is 4. The van der Waals surface area contributed by atoms with Crippen LogP contribution >= 0.6 is 11.6 Å². The predicted molar refractivity (Wildman–Crippen MR) is 64.1 cm³/mol. The SMILES string of the molecule is O=C1N=CN([C@@H]2O[C@H](CO)[C@H](O)C2(F)C#CCl)C(O)N1. The second-order valence-corrected chi connectivity index (χ2v) is 4.35. The molecule has 5 atom stereocenters. The number of aliphatic imine (C=N–C) groups is 1.